The van der Waals surface area contributed by atoms with Crippen molar-refractivity contribution in [1.82, 2.24) is 5.32 Å². The highest BCUT2D eigenvalue weighted by Crippen LogP contribution is 2.27. The normalized spacial score (nSPS) is 14.6. The van der Waals surface area contributed by atoms with Gasteiger partial charge in [-0.2, -0.15) is 0 Å². The maximum Gasteiger partial charge on any atom is 0.00838 e. The van der Waals surface area contributed by atoms with E-state index in [4.69, 9.17) is 0 Å². The van der Waals surface area contributed by atoms with Gasteiger partial charge in [-0.1, -0.05) is 57.2 Å². The second kappa shape index (κ2) is 6.61. The van der Waals surface area contributed by atoms with E-state index in [0.29, 0.717) is 5.92 Å². The predicted molar refractivity (Wildman–Crippen MR) is 76.3 cm³/mol. The van der Waals surface area contributed by atoms with Crippen LogP contribution in [0.1, 0.15) is 32.8 Å². The maximum atomic E-state index is 3.89. The summed E-state index contributed by atoms with van der Waals surface area (Å²) in [5.74, 6) is 0.693. The van der Waals surface area contributed by atoms with E-state index < -0.39 is 0 Å². The molecule has 1 aromatic carbocycles. The fourth-order valence-corrected chi connectivity index (χ4v) is 2.09. The molecule has 1 N–H and O–H groups in total. The number of hydrogen-bond acceptors (Lipinski definition) is 1. The first kappa shape index (κ1) is 14.0. The zero-order valence-corrected chi connectivity index (χ0v) is 11.4. The molecule has 0 fully saturated rings. The van der Waals surface area contributed by atoms with Crippen LogP contribution < -0.4 is 5.32 Å². The van der Waals surface area contributed by atoms with Gasteiger partial charge >= 0.3 is 0 Å². The highest BCUT2D eigenvalue weighted by molar-refractivity contribution is 5.25. The van der Waals surface area contributed by atoms with Crippen LogP contribution in [0.5, 0.6) is 0 Å². The van der Waals surface area contributed by atoms with E-state index in [1.165, 1.54) is 5.56 Å². The lowest BCUT2D eigenvalue weighted by Crippen LogP contribution is -2.36. The molecule has 0 unspecified atom stereocenters. The summed E-state index contributed by atoms with van der Waals surface area (Å²) in [6, 6.07) is 10.7. The van der Waals surface area contributed by atoms with Crippen LogP contribution in [0.25, 0.3) is 0 Å². The molecule has 1 heteroatoms. The zero-order chi connectivity index (χ0) is 12.7. The van der Waals surface area contributed by atoms with Crippen molar-refractivity contribution in [3.05, 3.63) is 48.6 Å². The van der Waals surface area contributed by atoms with Gasteiger partial charge in [0, 0.05) is 12.0 Å². The fraction of sp³-hybridized carbons (Fsp3) is 0.500. The number of allylic oxidation sites excluding steroid dienone is 1. The Morgan fingerprint density at radius 1 is 1.29 bits per heavy atom. The molecule has 1 aromatic rings. The maximum absolute atomic E-state index is 3.89. The summed E-state index contributed by atoms with van der Waals surface area (Å²) >= 11 is 0. The molecule has 1 nitrogen and oxygen atoms in total. The topological polar surface area (TPSA) is 12.0 Å². The van der Waals surface area contributed by atoms with E-state index in [2.05, 4.69) is 63.0 Å². The van der Waals surface area contributed by atoms with Crippen LogP contribution in [0, 0.1) is 5.92 Å². The van der Waals surface area contributed by atoms with Gasteiger partial charge in [0.05, 0.1) is 0 Å². The zero-order valence-electron chi connectivity index (χ0n) is 11.4. The van der Waals surface area contributed by atoms with E-state index in [-0.39, 0.29) is 5.41 Å². The summed E-state index contributed by atoms with van der Waals surface area (Å²) in [6.07, 6.45) is 3.02. The Kier molecular flexibility index (Phi) is 5.43. The molecule has 1 rings (SSSR count). The van der Waals surface area contributed by atoms with Crippen LogP contribution >= 0.6 is 0 Å². The number of rotatable bonds is 7. The standard InChI is InChI=1S/C16H25N/c1-5-11-16(4,13-17-12-14(2)3)15-9-7-6-8-10-15/h5-10,14,17H,1,11-13H2,2-4H3/t16-/m1/s1. The van der Waals surface area contributed by atoms with Crippen molar-refractivity contribution in [2.24, 2.45) is 5.92 Å². The third-order valence-electron chi connectivity index (χ3n) is 3.13. The lowest BCUT2D eigenvalue weighted by atomic mass is 9.79. The minimum atomic E-state index is 0.151. The van der Waals surface area contributed by atoms with Crippen molar-refractivity contribution in [3.63, 3.8) is 0 Å². The lowest BCUT2D eigenvalue weighted by molar-refractivity contribution is 0.416. The van der Waals surface area contributed by atoms with Gasteiger partial charge in [0.25, 0.3) is 0 Å². The molecule has 0 aliphatic heterocycles. The summed E-state index contributed by atoms with van der Waals surface area (Å²) in [4.78, 5) is 0. The van der Waals surface area contributed by atoms with Crippen LogP contribution in [0.4, 0.5) is 0 Å². The Hall–Kier alpha value is -1.08. The van der Waals surface area contributed by atoms with Gasteiger partial charge in [-0.15, -0.1) is 6.58 Å². The first-order valence-electron chi connectivity index (χ1n) is 6.45. The minimum absolute atomic E-state index is 0.151. The first-order valence-corrected chi connectivity index (χ1v) is 6.45. The molecule has 17 heavy (non-hydrogen) atoms. The van der Waals surface area contributed by atoms with E-state index >= 15 is 0 Å². The summed E-state index contributed by atoms with van der Waals surface area (Å²) in [5.41, 5.74) is 1.54. The molecule has 94 valence electrons. The summed E-state index contributed by atoms with van der Waals surface area (Å²) in [5, 5.41) is 3.56. The Morgan fingerprint density at radius 2 is 1.94 bits per heavy atom. The number of benzene rings is 1. The van der Waals surface area contributed by atoms with E-state index in [1.54, 1.807) is 0 Å². The molecule has 0 aliphatic rings. The fourth-order valence-electron chi connectivity index (χ4n) is 2.09. The molecule has 0 saturated carbocycles. The highest BCUT2D eigenvalue weighted by Gasteiger charge is 2.24. The van der Waals surface area contributed by atoms with Crippen molar-refractivity contribution in [1.29, 1.82) is 0 Å². The molecule has 0 amide bonds. The first-order chi connectivity index (χ1) is 8.08. The Balaban J connectivity index is 2.71. The predicted octanol–water partition coefficient (Wildman–Crippen LogP) is 3.77. The van der Waals surface area contributed by atoms with Gasteiger partial charge < -0.3 is 5.32 Å². The van der Waals surface area contributed by atoms with Crippen molar-refractivity contribution < 1.29 is 0 Å². The van der Waals surface area contributed by atoms with Gasteiger partial charge in [-0.3, -0.25) is 0 Å². The van der Waals surface area contributed by atoms with Gasteiger partial charge in [0.1, 0.15) is 0 Å². The smallest absolute Gasteiger partial charge is 0.00838 e. The van der Waals surface area contributed by atoms with Gasteiger partial charge in [-0.25, -0.2) is 0 Å². The van der Waals surface area contributed by atoms with Gasteiger partial charge in [0.2, 0.25) is 0 Å². The van der Waals surface area contributed by atoms with Crippen LogP contribution in [-0.4, -0.2) is 13.1 Å². The molecule has 0 spiro atoms. The SMILES string of the molecule is C=CC[C@](C)(CNCC(C)C)c1ccccc1. The Morgan fingerprint density at radius 3 is 2.47 bits per heavy atom. The van der Waals surface area contributed by atoms with Gasteiger partial charge in [-0.05, 0) is 24.4 Å². The molecule has 0 heterocycles. The van der Waals surface area contributed by atoms with E-state index in [0.717, 1.165) is 19.5 Å². The molecule has 0 bridgehead atoms. The van der Waals surface area contributed by atoms with Crippen molar-refractivity contribution in [2.45, 2.75) is 32.6 Å². The Labute approximate surface area is 106 Å². The second-order valence-corrected chi connectivity index (χ2v) is 5.44. The van der Waals surface area contributed by atoms with Crippen LogP contribution in [0.15, 0.2) is 43.0 Å². The summed E-state index contributed by atoms with van der Waals surface area (Å²) in [7, 11) is 0. The highest BCUT2D eigenvalue weighted by atomic mass is 14.9. The molecule has 0 radical (unpaired) electrons. The molecule has 0 aromatic heterocycles. The van der Waals surface area contributed by atoms with Crippen molar-refractivity contribution >= 4 is 0 Å². The largest absolute Gasteiger partial charge is 0.316 e. The Bertz CT molecular complexity index is 329. The lowest BCUT2D eigenvalue weighted by Gasteiger charge is -2.30. The van der Waals surface area contributed by atoms with Crippen molar-refractivity contribution in [3.8, 4) is 0 Å². The molecule has 0 aliphatic carbocycles. The van der Waals surface area contributed by atoms with Gasteiger partial charge in [0.15, 0.2) is 0 Å². The quantitative estimate of drug-likeness (QED) is 0.704. The minimum Gasteiger partial charge on any atom is -0.316 e. The average Bonchev–Trinajstić information content (AvgIpc) is 2.30. The molecule has 1 atom stereocenters. The molecular weight excluding hydrogens is 206 g/mol. The number of hydrogen-bond donors (Lipinski definition) is 1. The monoisotopic (exact) mass is 231 g/mol. The third kappa shape index (κ3) is 4.35. The van der Waals surface area contributed by atoms with Crippen molar-refractivity contribution in [2.75, 3.05) is 13.1 Å². The summed E-state index contributed by atoms with van der Waals surface area (Å²) < 4.78 is 0. The van der Waals surface area contributed by atoms with Crippen LogP contribution in [-0.2, 0) is 5.41 Å². The summed E-state index contributed by atoms with van der Waals surface area (Å²) in [6.45, 7) is 12.7. The van der Waals surface area contributed by atoms with Crippen LogP contribution in [0.2, 0.25) is 0 Å². The average molecular weight is 231 g/mol. The third-order valence-corrected chi connectivity index (χ3v) is 3.13. The second-order valence-electron chi connectivity index (χ2n) is 5.44. The molecule has 0 saturated heterocycles. The number of nitrogens with one attached hydrogen (secondary N) is 1. The van der Waals surface area contributed by atoms with E-state index in [1.807, 2.05) is 6.08 Å². The molecular formula is C16H25N. The van der Waals surface area contributed by atoms with Crippen LogP contribution in [0.3, 0.4) is 0 Å². The van der Waals surface area contributed by atoms with E-state index in [9.17, 15) is 0 Å².